The van der Waals surface area contributed by atoms with Gasteiger partial charge in [0.1, 0.15) is 5.75 Å². The highest BCUT2D eigenvalue weighted by molar-refractivity contribution is 7.91. The first-order chi connectivity index (χ1) is 14.4. The lowest BCUT2D eigenvalue weighted by Gasteiger charge is -2.18. The van der Waals surface area contributed by atoms with Crippen molar-refractivity contribution in [2.45, 2.75) is 4.90 Å². The Morgan fingerprint density at radius 1 is 1.20 bits per heavy atom. The van der Waals surface area contributed by atoms with Crippen molar-refractivity contribution in [3.05, 3.63) is 66.6 Å². The molecule has 0 atom stereocenters. The number of sulfone groups is 1. The summed E-state index contributed by atoms with van der Waals surface area (Å²) in [5.41, 5.74) is 2.02. The molecule has 0 fully saturated rings. The lowest BCUT2D eigenvalue weighted by molar-refractivity contribution is -0.113. The second-order valence-electron chi connectivity index (χ2n) is 6.16. The molecule has 0 aliphatic rings. The maximum Gasteiger partial charge on any atom is 0.256 e. The summed E-state index contributed by atoms with van der Waals surface area (Å²) in [6.07, 6.45) is 1.17. The monoisotopic (exact) mass is 444 g/mol. The van der Waals surface area contributed by atoms with Gasteiger partial charge in [0.15, 0.2) is 15.0 Å². The fraction of sp³-hybridized carbons (Fsp3) is 0.143. The second-order valence-corrected chi connectivity index (χ2v) is 9.10. The molecule has 0 aliphatic heterocycles. The standard InChI is InChI=1S/C21H20N2O5S2/c1-3-20(25)23(16-6-10-18(11-7-16)30(26,27)13-12-24)21-22-19(14-29-21)15-4-8-17(28-2)9-5-15/h3-11,14,24H,1,12-13H2,2H3. The van der Waals surface area contributed by atoms with Gasteiger partial charge in [0, 0.05) is 10.9 Å². The normalized spacial score (nSPS) is 11.1. The summed E-state index contributed by atoms with van der Waals surface area (Å²) in [7, 11) is -1.99. The van der Waals surface area contributed by atoms with Crippen LogP contribution in [0.25, 0.3) is 11.3 Å². The second kappa shape index (κ2) is 9.21. The number of benzene rings is 2. The summed E-state index contributed by atoms with van der Waals surface area (Å²) in [4.78, 5) is 18.5. The summed E-state index contributed by atoms with van der Waals surface area (Å²) in [6, 6.07) is 13.3. The van der Waals surface area contributed by atoms with Crippen LogP contribution in [0.5, 0.6) is 5.75 Å². The number of nitrogens with zero attached hydrogens (tertiary/aromatic N) is 2. The van der Waals surface area contributed by atoms with Crippen LogP contribution in [0.4, 0.5) is 10.8 Å². The molecule has 0 unspecified atom stereocenters. The number of carbonyl (C=O) groups is 1. The van der Waals surface area contributed by atoms with Crippen LogP contribution in [0.1, 0.15) is 0 Å². The van der Waals surface area contributed by atoms with Gasteiger partial charge in [0.25, 0.3) is 5.91 Å². The van der Waals surface area contributed by atoms with Crippen LogP contribution in [-0.2, 0) is 14.6 Å². The van der Waals surface area contributed by atoms with Gasteiger partial charge in [-0.25, -0.2) is 13.4 Å². The van der Waals surface area contributed by atoms with E-state index in [0.717, 1.165) is 11.3 Å². The molecule has 156 valence electrons. The van der Waals surface area contributed by atoms with E-state index >= 15 is 0 Å². The topological polar surface area (TPSA) is 96.8 Å². The van der Waals surface area contributed by atoms with Crippen LogP contribution >= 0.6 is 11.3 Å². The molecule has 1 aromatic heterocycles. The van der Waals surface area contributed by atoms with Gasteiger partial charge in [-0.15, -0.1) is 11.3 Å². The zero-order valence-corrected chi connectivity index (χ0v) is 17.8. The minimum absolute atomic E-state index is 0.0735. The molecule has 0 spiro atoms. The molecule has 3 aromatic rings. The van der Waals surface area contributed by atoms with Crippen LogP contribution in [-0.4, -0.2) is 43.9 Å². The van der Waals surface area contributed by atoms with Crippen molar-refractivity contribution in [1.29, 1.82) is 0 Å². The first kappa shape index (κ1) is 21.7. The van der Waals surface area contributed by atoms with E-state index < -0.39 is 22.4 Å². The average molecular weight is 445 g/mol. The van der Waals surface area contributed by atoms with Gasteiger partial charge in [-0.2, -0.15) is 0 Å². The SMILES string of the molecule is C=CC(=O)N(c1ccc(S(=O)(=O)CCO)cc1)c1nc(-c2ccc(OC)cc2)cs1. The summed E-state index contributed by atoms with van der Waals surface area (Å²) in [6.45, 7) is 3.09. The lowest BCUT2D eigenvalue weighted by atomic mass is 10.2. The number of carbonyl (C=O) groups excluding carboxylic acids is 1. The van der Waals surface area contributed by atoms with E-state index in [1.165, 1.54) is 46.6 Å². The Hall–Kier alpha value is -3.01. The summed E-state index contributed by atoms with van der Waals surface area (Å²) in [5, 5.41) is 11.2. The summed E-state index contributed by atoms with van der Waals surface area (Å²) >= 11 is 1.28. The molecule has 9 heteroatoms. The van der Waals surface area contributed by atoms with Crippen molar-refractivity contribution in [2.75, 3.05) is 24.4 Å². The van der Waals surface area contributed by atoms with E-state index in [2.05, 4.69) is 11.6 Å². The van der Waals surface area contributed by atoms with Crippen molar-refractivity contribution in [2.24, 2.45) is 0 Å². The average Bonchev–Trinajstić information content (AvgIpc) is 3.24. The highest BCUT2D eigenvalue weighted by atomic mass is 32.2. The van der Waals surface area contributed by atoms with Crippen molar-refractivity contribution >= 4 is 37.9 Å². The quantitative estimate of drug-likeness (QED) is 0.535. The minimum atomic E-state index is -3.58. The maximum absolute atomic E-state index is 12.5. The molecular weight excluding hydrogens is 424 g/mol. The summed E-state index contributed by atoms with van der Waals surface area (Å²) in [5.74, 6) is -0.0233. The number of aliphatic hydroxyl groups excluding tert-OH is 1. The molecule has 1 N–H and O–H groups in total. The number of amides is 1. The first-order valence-electron chi connectivity index (χ1n) is 8.90. The van der Waals surface area contributed by atoms with Gasteiger partial charge in [-0.1, -0.05) is 6.58 Å². The molecule has 7 nitrogen and oxygen atoms in total. The predicted molar refractivity (Wildman–Crippen MR) is 117 cm³/mol. The third-order valence-electron chi connectivity index (χ3n) is 4.28. The van der Waals surface area contributed by atoms with E-state index in [1.807, 2.05) is 29.6 Å². The van der Waals surface area contributed by atoms with E-state index in [0.29, 0.717) is 16.5 Å². The maximum atomic E-state index is 12.5. The third kappa shape index (κ3) is 4.59. The van der Waals surface area contributed by atoms with Crippen molar-refractivity contribution in [3.8, 4) is 17.0 Å². The Balaban J connectivity index is 1.95. The van der Waals surface area contributed by atoms with Crippen molar-refractivity contribution in [3.63, 3.8) is 0 Å². The fourth-order valence-corrected chi connectivity index (χ4v) is 4.61. The molecule has 30 heavy (non-hydrogen) atoms. The largest absolute Gasteiger partial charge is 0.497 e. The van der Waals surface area contributed by atoms with Crippen molar-refractivity contribution in [1.82, 2.24) is 4.98 Å². The Labute approximate surface area is 178 Å². The number of ether oxygens (including phenoxy) is 1. The number of anilines is 2. The van der Waals surface area contributed by atoms with Crippen LogP contribution < -0.4 is 9.64 Å². The number of hydrogen-bond donors (Lipinski definition) is 1. The molecule has 0 aliphatic carbocycles. The molecule has 1 amide bonds. The van der Waals surface area contributed by atoms with E-state index in [1.54, 1.807) is 7.11 Å². The van der Waals surface area contributed by atoms with Crippen LogP contribution in [0.3, 0.4) is 0 Å². The van der Waals surface area contributed by atoms with Crippen LogP contribution in [0.15, 0.2) is 71.5 Å². The molecule has 2 aromatic carbocycles. The highest BCUT2D eigenvalue weighted by Gasteiger charge is 2.21. The van der Waals surface area contributed by atoms with E-state index in [4.69, 9.17) is 9.84 Å². The number of rotatable bonds is 8. The molecule has 0 saturated carbocycles. The lowest BCUT2D eigenvalue weighted by Crippen LogP contribution is -2.23. The molecular formula is C21H20N2O5S2. The van der Waals surface area contributed by atoms with E-state index in [9.17, 15) is 13.2 Å². The van der Waals surface area contributed by atoms with Crippen molar-refractivity contribution < 1.29 is 23.1 Å². The van der Waals surface area contributed by atoms with Crippen LogP contribution in [0.2, 0.25) is 0 Å². The molecule has 0 saturated heterocycles. The van der Waals surface area contributed by atoms with Gasteiger partial charge in [0.05, 0.1) is 35.7 Å². The molecule has 1 heterocycles. The Kier molecular flexibility index (Phi) is 6.66. The van der Waals surface area contributed by atoms with Crippen LogP contribution in [0, 0.1) is 0 Å². The number of aliphatic hydroxyl groups is 1. The number of hydrogen-bond acceptors (Lipinski definition) is 7. The van der Waals surface area contributed by atoms with E-state index in [-0.39, 0.29) is 10.6 Å². The highest BCUT2D eigenvalue weighted by Crippen LogP contribution is 2.33. The van der Waals surface area contributed by atoms with Gasteiger partial charge in [-0.3, -0.25) is 9.69 Å². The minimum Gasteiger partial charge on any atom is -0.497 e. The van der Waals surface area contributed by atoms with Gasteiger partial charge in [0.2, 0.25) is 0 Å². The van der Waals surface area contributed by atoms with Gasteiger partial charge in [-0.05, 0) is 54.6 Å². The number of aromatic nitrogens is 1. The number of thiazole rings is 1. The fourth-order valence-electron chi connectivity index (χ4n) is 2.73. The van der Waals surface area contributed by atoms with Gasteiger partial charge >= 0.3 is 0 Å². The molecule has 3 rings (SSSR count). The Bertz CT molecular complexity index is 1140. The molecule has 0 radical (unpaired) electrons. The zero-order chi connectivity index (χ0) is 21.7. The molecule has 0 bridgehead atoms. The smallest absolute Gasteiger partial charge is 0.256 e. The Morgan fingerprint density at radius 2 is 1.87 bits per heavy atom. The van der Waals surface area contributed by atoms with Gasteiger partial charge < -0.3 is 9.84 Å². The predicted octanol–water partition coefficient (Wildman–Crippen LogP) is 3.44. The number of methoxy groups -OCH3 is 1. The zero-order valence-electron chi connectivity index (χ0n) is 16.2. The third-order valence-corrected chi connectivity index (χ3v) is 6.81. The first-order valence-corrected chi connectivity index (χ1v) is 11.4. The Morgan fingerprint density at radius 3 is 2.43 bits per heavy atom. The summed E-state index contributed by atoms with van der Waals surface area (Å²) < 4.78 is 29.4.